The van der Waals surface area contributed by atoms with E-state index in [0.29, 0.717) is 24.5 Å². The van der Waals surface area contributed by atoms with Crippen LogP contribution in [0.3, 0.4) is 0 Å². The highest BCUT2D eigenvalue weighted by atomic mass is 16.5. The maximum atomic E-state index is 12.2. The van der Waals surface area contributed by atoms with Crippen LogP contribution in [-0.4, -0.2) is 18.6 Å². The van der Waals surface area contributed by atoms with Crippen LogP contribution in [-0.2, 0) is 6.54 Å². The predicted molar refractivity (Wildman–Crippen MR) is 95.5 cm³/mol. The highest BCUT2D eigenvalue weighted by Gasteiger charge is 2.06. The lowest BCUT2D eigenvalue weighted by molar-refractivity contribution is 0.0950. The molecule has 4 heteroatoms. The standard InChI is InChI=1S/C20H23NO3/c1-4-12-23-18-10-8-17(9-11-18)20(22)21-14-16-6-5-7-19(13-16)24-15(2)3/h4-11,13,15H,1,12,14H2,2-3H3,(H,21,22). The molecule has 0 unspecified atom stereocenters. The van der Waals surface area contributed by atoms with Gasteiger partial charge in [-0.15, -0.1) is 0 Å². The molecule has 0 aromatic heterocycles. The van der Waals surface area contributed by atoms with Gasteiger partial charge in [-0.05, 0) is 55.8 Å². The van der Waals surface area contributed by atoms with Crippen molar-refractivity contribution in [2.24, 2.45) is 0 Å². The van der Waals surface area contributed by atoms with Crippen LogP contribution in [0.5, 0.6) is 11.5 Å². The molecule has 0 radical (unpaired) electrons. The highest BCUT2D eigenvalue weighted by molar-refractivity contribution is 5.94. The Bertz CT molecular complexity index is 678. The molecular weight excluding hydrogens is 302 g/mol. The normalized spacial score (nSPS) is 10.3. The molecule has 0 bridgehead atoms. The molecule has 0 atom stereocenters. The molecule has 2 aromatic rings. The van der Waals surface area contributed by atoms with Crippen LogP contribution in [0.25, 0.3) is 0 Å². The molecule has 4 nitrogen and oxygen atoms in total. The van der Waals surface area contributed by atoms with Gasteiger partial charge in [0.2, 0.25) is 0 Å². The van der Waals surface area contributed by atoms with Crippen molar-refractivity contribution in [1.29, 1.82) is 0 Å². The molecule has 0 aliphatic carbocycles. The average Bonchev–Trinajstić information content (AvgIpc) is 2.58. The number of benzene rings is 2. The molecule has 0 saturated carbocycles. The molecule has 0 spiro atoms. The van der Waals surface area contributed by atoms with Crippen LogP contribution in [0, 0.1) is 0 Å². The number of hydrogen-bond donors (Lipinski definition) is 1. The van der Waals surface area contributed by atoms with Crippen molar-refractivity contribution in [3.8, 4) is 11.5 Å². The smallest absolute Gasteiger partial charge is 0.251 e. The summed E-state index contributed by atoms with van der Waals surface area (Å²) in [6.07, 6.45) is 1.80. The molecule has 0 heterocycles. The van der Waals surface area contributed by atoms with Gasteiger partial charge >= 0.3 is 0 Å². The average molecular weight is 325 g/mol. The summed E-state index contributed by atoms with van der Waals surface area (Å²) < 4.78 is 11.1. The Morgan fingerprint density at radius 2 is 1.92 bits per heavy atom. The maximum Gasteiger partial charge on any atom is 0.251 e. The molecular formula is C20H23NO3. The second-order valence-corrected chi connectivity index (χ2v) is 5.62. The number of nitrogens with one attached hydrogen (secondary N) is 1. The second kappa shape index (κ2) is 8.77. The van der Waals surface area contributed by atoms with Gasteiger partial charge in [-0.3, -0.25) is 4.79 Å². The molecule has 2 aromatic carbocycles. The van der Waals surface area contributed by atoms with E-state index in [9.17, 15) is 4.79 Å². The maximum absolute atomic E-state index is 12.2. The predicted octanol–water partition coefficient (Wildman–Crippen LogP) is 3.97. The number of carbonyl (C=O) groups is 1. The summed E-state index contributed by atoms with van der Waals surface area (Å²) in [5.74, 6) is 1.39. The van der Waals surface area contributed by atoms with Crippen molar-refractivity contribution < 1.29 is 14.3 Å². The van der Waals surface area contributed by atoms with Crippen molar-refractivity contribution in [1.82, 2.24) is 5.32 Å². The first kappa shape index (κ1) is 17.6. The first-order valence-electron chi connectivity index (χ1n) is 7.96. The van der Waals surface area contributed by atoms with Crippen LogP contribution in [0.2, 0.25) is 0 Å². The summed E-state index contributed by atoms with van der Waals surface area (Å²) in [5.41, 5.74) is 1.59. The van der Waals surface area contributed by atoms with Gasteiger partial charge in [0, 0.05) is 12.1 Å². The first-order chi connectivity index (χ1) is 11.6. The number of rotatable bonds is 8. The van der Waals surface area contributed by atoms with Crippen LogP contribution < -0.4 is 14.8 Å². The third kappa shape index (κ3) is 5.47. The summed E-state index contributed by atoms with van der Waals surface area (Å²) in [5, 5.41) is 2.91. The van der Waals surface area contributed by atoms with Crippen LogP contribution in [0.4, 0.5) is 0 Å². The van der Waals surface area contributed by atoms with Gasteiger partial charge in [-0.2, -0.15) is 0 Å². The molecule has 0 fully saturated rings. The van der Waals surface area contributed by atoms with E-state index < -0.39 is 0 Å². The van der Waals surface area contributed by atoms with Crippen molar-refractivity contribution in [2.75, 3.05) is 6.61 Å². The van der Waals surface area contributed by atoms with Gasteiger partial charge in [0.15, 0.2) is 0 Å². The molecule has 0 aliphatic rings. The lowest BCUT2D eigenvalue weighted by Gasteiger charge is -2.11. The zero-order chi connectivity index (χ0) is 17.4. The van der Waals surface area contributed by atoms with Crippen LogP contribution in [0.15, 0.2) is 61.2 Å². The second-order valence-electron chi connectivity index (χ2n) is 5.62. The minimum Gasteiger partial charge on any atom is -0.491 e. The Kier molecular flexibility index (Phi) is 6.43. The van der Waals surface area contributed by atoms with Crippen molar-refractivity contribution in [3.63, 3.8) is 0 Å². The zero-order valence-electron chi connectivity index (χ0n) is 14.1. The molecule has 24 heavy (non-hydrogen) atoms. The Hall–Kier alpha value is -2.75. The number of ether oxygens (including phenoxy) is 2. The number of amides is 1. The largest absolute Gasteiger partial charge is 0.491 e. The lowest BCUT2D eigenvalue weighted by Crippen LogP contribution is -2.22. The quantitative estimate of drug-likeness (QED) is 0.747. The number of carbonyl (C=O) groups excluding carboxylic acids is 1. The van der Waals surface area contributed by atoms with Gasteiger partial charge in [-0.1, -0.05) is 24.8 Å². The minimum atomic E-state index is -0.125. The Balaban J connectivity index is 1.91. The topological polar surface area (TPSA) is 47.6 Å². The number of hydrogen-bond acceptors (Lipinski definition) is 3. The van der Waals surface area contributed by atoms with E-state index in [1.165, 1.54) is 0 Å². The summed E-state index contributed by atoms with van der Waals surface area (Å²) >= 11 is 0. The summed E-state index contributed by atoms with van der Waals surface area (Å²) in [6, 6.07) is 14.8. The van der Waals surface area contributed by atoms with Gasteiger partial charge in [-0.25, -0.2) is 0 Å². The van der Waals surface area contributed by atoms with Gasteiger partial charge in [0.25, 0.3) is 5.91 Å². The Morgan fingerprint density at radius 3 is 2.58 bits per heavy atom. The third-order valence-electron chi connectivity index (χ3n) is 3.21. The third-order valence-corrected chi connectivity index (χ3v) is 3.21. The Morgan fingerprint density at radius 1 is 1.17 bits per heavy atom. The zero-order valence-corrected chi connectivity index (χ0v) is 14.1. The van der Waals surface area contributed by atoms with Gasteiger partial charge in [0.1, 0.15) is 18.1 Å². The van der Waals surface area contributed by atoms with Crippen molar-refractivity contribution >= 4 is 5.91 Å². The van der Waals surface area contributed by atoms with Crippen molar-refractivity contribution in [2.45, 2.75) is 26.5 Å². The Labute approximate surface area is 143 Å². The first-order valence-corrected chi connectivity index (χ1v) is 7.96. The summed E-state index contributed by atoms with van der Waals surface area (Å²) in [6.45, 7) is 8.46. The molecule has 2 rings (SSSR count). The minimum absolute atomic E-state index is 0.122. The molecule has 0 saturated heterocycles. The van der Waals surface area contributed by atoms with E-state index in [1.807, 2.05) is 38.1 Å². The van der Waals surface area contributed by atoms with Crippen LogP contribution >= 0.6 is 0 Å². The van der Waals surface area contributed by atoms with Gasteiger partial charge in [0.05, 0.1) is 6.10 Å². The van der Waals surface area contributed by atoms with Crippen molar-refractivity contribution in [3.05, 3.63) is 72.3 Å². The SMILES string of the molecule is C=CCOc1ccc(C(=O)NCc2cccc(OC(C)C)c2)cc1. The lowest BCUT2D eigenvalue weighted by atomic mass is 10.2. The van der Waals surface area contributed by atoms with E-state index in [1.54, 1.807) is 30.3 Å². The summed E-state index contributed by atoms with van der Waals surface area (Å²) in [7, 11) is 0. The van der Waals surface area contributed by atoms with E-state index in [0.717, 1.165) is 11.3 Å². The van der Waals surface area contributed by atoms with Crippen LogP contribution in [0.1, 0.15) is 29.8 Å². The van der Waals surface area contributed by atoms with Gasteiger partial charge < -0.3 is 14.8 Å². The van der Waals surface area contributed by atoms with E-state index in [4.69, 9.17) is 9.47 Å². The molecule has 1 amide bonds. The summed E-state index contributed by atoms with van der Waals surface area (Å²) in [4.78, 5) is 12.2. The fourth-order valence-corrected chi connectivity index (χ4v) is 2.14. The fourth-order valence-electron chi connectivity index (χ4n) is 2.14. The van der Waals surface area contributed by atoms with E-state index in [-0.39, 0.29) is 12.0 Å². The van der Waals surface area contributed by atoms with E-state index >= 15 is 0 Å². The van der Waals surface area contributed by atoms with E-state index in [2.05, 4.69) is 11.9 Å². The monoisotopic (exact) mass is 325 g/mol. The molecule has 1 N–H and O–H groups in total. The fraction of sp³-hybridized carbons (Fsp3) is 0.250. The molecule has 126 valence electrons. The molecule has 0 aliphatic heterocycles. The highest BCUT2D eigenvalue weighted by Crippen LogP contribution is 2.15.